The monoisotopic (exact) mass is 344 g/mol. The molecule has 1 aromatic heterocycles. The minimum atomic E-state index is -0.662. The van der Waals surface area contributed by atoms with Crippen molar-refractivity contribution in [3.8, 4) is 5.75 Å². The third-order valence-electron chi connectivity index (χ3n) is 3.80. The van der Waals surface area contributed by atoms with Crippen LogP contribution in [0, 0.1) is 6.92 Å². The lowest BCUT2D eigenvalue weighted by Crippen LogP contribution is -2.50. The third-order valence-corrected chi connectivity index (χ3v) is 3.80. The number of fused-ring (bicyclic) bond motifs is 1. The summed E-state index contributed by atoms with van der Waals surface area (Å²) in [5.41, 5.74) is 1.46. The number of carbonyl (C=O) groups is 2. The number of hydrogen-bond donors (Lipinski definition) is 1. The number of nitrogens with one attached hydrogen (secondary N) is 1. The minimum Gasteiger partial charge on any atom is -0.477 e. The Morgan fingerprint density at radius 2 is 2.12 bits per heavy atom. The second-order valence-corrected chi connectivity index (χ2v) is 6.07. The first kappa shape index (κ1) is 16.8. The molecule has 0 spiro atoms. The number of hydrogen-bond acceptors (Lipinski definition) is 6. The molecule has 132 valence electrons. The SMILES string of the molecule is Cc1cc(NC(=O)CN2C[C@@H](C(=O)N(C)C)Oc3ccccc32)on1. The molecule has 3 rings (SSSR count). The fourth-order valence-corrected chi connectivity index (χ4v) is 2.65. The van der Waals surface area contributed by atoms with E-state index in [9.17, 15) is 9.59 Å². The molecular weight excluding hydrogens is 324 g/mol. The van der Waals surface area contributed by atoms with Gasteiger partial charge in [-0.05, 0) is 19.1 Å². The second kappa shape index (κ2) is 6.84. The normalized spacial score (nSPS) is 16.0. The molecule has 1 aliphatic heterocycles. The van der Waals surface area contributed by atoms with Gasteiger partial charge >= 0.3 is 0 Å². The summed E-state index contributed by atoms with van der Waals surface area (Å²) in [5, 5.41) is 6.40. The molecule has 0 unspecified atom stereocenters. The van der Waals surface area contributed by atoms with Crippen LogP contribution < -0.4 is 15.0 Å². The predicted octanol–water partition coefficient (Wildman–Crippen LogP) is 1.28. The first-order valence-electron chi connectivity index (χ1n) is 7.89. The molecule has 0 saturated carbocycles. The molecule has 1 aromatic carbocycles. The van der Waals surface area contributed by atoms with Crippen LogP contribution >= 0.6 is 0 Å². The predicted molar refractivity (Wildman–Crippen MR) is 91.6 cm³/mol. The van der Waals surface area contributed by atoms with E-state index in [2.05, 4.69) is 10.5 Å². The average molecular weight is 344 g/mol. The number of likely N-dealkylation sites (N-methyl/N-ethyl adjacent to an activating group) is 1. The molecule has 1 aliphatic rings. The molecule has 0 aliphatic carbocycles. The highest BCUT2D eigenvalue weighted by atomic mass is 16.5. The fourth-order valence-electron chi connectivity index (χ4n) is 2.65. The van der Waals surface area contributed by atoms with Crippen molar-refractivity contribution in [3.05, 3.63) is 36.0 Å². The molecule has 0 bridgehead atoms. The summed E-state index contributed by atoms with van der Waals surface area (Å²) in [6.45, 7) is 2.13. The molecule has 0 saturated heterocycles. The van der Waals surface area contributed by atoms with Crippen LogP contribution in [-0.4, -0.2) is 55.2 Å². The number of para-hydroxylation sites is 2. The van der Waals surface area contributed by atoms with Crippen LogP contribution in [0.5, 0.6) is 5.75 Å². The number of benzene rings is 1. The number of amides is 2. The smallest absolute Gasteiger partial charge is 0.265 e. The molecule has 0 radical (unpaired) electrons. The molecular formula is C17H20N4O4. The lowest BCUT2D eigenvalue weighted by molar-refractivity contribution is -0.136. The van der Waals surface area contributed by atoms with E-state index < -0.39 is 6.10 Å². The molecule has 1 N–H and O–H groups in total. The van der Waals surface area contributed by atoms with Crippen LogP contribution in [0.2, 0.25) is 0 Å². The highest BCUT2D eigenvalue weighted by Crippen LogP contribution is 2.33. The molecule has 8 heteroatoms. The maximum atomic E-state index is 12.3. The Balaban J connectivity index is 1.76. The van der Waals surface area contributed by atoms with Crippen LogP contribution in [0.25, 0.3) is 0 Å². The maximum Gasteiger partial charge on any atom is 0.265 e. The van der Waals surface area contributed by atoms with Crippen molar-refractivity contribution < 1.29 is 18.8 Å². The number of aryl methyl sites for hydroxylation is 1. The third kappa shape index (κ3) is 3.73. The Hall–Kier alpha value is -3.03. The number of rotatable bonds is 4. The summed E-state index contributed by atoms with van der Waals surface area (Å²) in [4.78, 5) is 27.9. The van der Waals surface area contributed by atoms with Crippen molar-refractivity contribution >= 4 is 23.4 Å². The van der Waals surface area contributed by atoms with Gasteiger partial charge in [-0.3, -0.25) is 14.9 Å². The van der Waals surface area contributed by atoms with Gasteiger partial charge in [-0.15, -0.1) is 0 Å². The Morgan fingerprint density at radius 1 is 1.36 bits per heavy atom. The van der Waals surface area contributed by atoms with E-state index >= 15 is 0 Å². The van der Waals surface area contributed by atoms with Gasteiger partial charge in [0.25, 0.3) is 5.91 Å². The zero-order chi connectivity index (χ0) is 18.0. The van der Waals surface area contributed by atoms with Crippen molar-refractivity contribution in [3.63, 3.8) is 0 Å². The molecule has 8 nitrogen and oxygen atoms in total. The molecule has 2 aromatic rings. The zero-order valence-corrected chi connectivity index (χ0v) is 14.4. The highest BCUT2D eigenvalue weighted by molar-refractivity contribution is 5.94. The fraction of sp³-hybridized carbons (Fsp3) is 0.353. The summed E-state index contributed by atoms with van der Waals surface area (Å²) in [6.07, 6.45) is -0.662. The number of anilines is 2. The Morgan fingerprint density at radius 3 is 2.80 bits per heavy atom. The van der Waals surface area contributed by atoms with E-state index in [4.69, 9.17) is 9.26 Å². The summed E-state index contributed by atoms with van der Waals surface area (Å²) < 4.78 is 10.8. The van der Waals surface area contributed by atoms with Crippen molar-refractivity contribution in [2.45, 2.75) is 13.0 Å². The van der Waals surface area contributed by atoms with E-state index in [1.807, 2.05) is 23.1 Å². The molecule has 2 heterocycles. The number of carbonyl (C=O) groups excluding carboxylic acids is 2. The van der Waals surface area contributed by atoms with Crippen LogP contribution in [0.15, 0.2) is 34.9 Å². The van der Waals surface area contributed by atoms with E-state index in [1.54, 1.807) is 33.2 Å². The van der Waals surface area contributed by atoms with Gasteiger partial charge < -0.3 is 19.1 Å². The second-order valence-electron chi connectivity index (χ2n) is 6.07. The standard InChI is InChI=1S/C17H20N4O4/c1-11-8-16(25-19-11)18-15(22)10-21-9-14(17(23)20(2)3)24-13-7-5-4-6-12(13)21/h4-8,14H,9-10H2,1-3H3,(H,18,22)/t14-/m0/s1. The maximum absolute atomic E-state index is 12.3. The van der Waals surface area contributed by atoms with Gasteiger partial charge in [0, 0.05) is 20.2 Å². The first-order chi connectivity index (χ1) is 11.9. The number of nitrogens with zero attached hydrogens (tertiary/aromatic N) is 3. The Kier molecular flexibility index (Phi) is 4.60. The topological polar surface area (TPSA) is 87.9 Å². The van der Waals surface area contributed by atoms with Gasteiger partial charge in [0.1, 0.15) is 5.75 Å². The Bertz CT molecular complexity index is 786. The Labute approximate surface area is 145 Å². The van der Waals surface area contributed by atoms with Crippen molar-refractivity contribution in [2.24, 2.45) is 0 Å². The van der Waals surface area contributed by atoms with Crippen LogP contribution in [0.1, 0.15) is 5.69 Å². The number of aromatic nitrogens is 1. The van der Waals surface area contributed by atoms with Crippen molar-refractivity contribution in [1.29, 1.82) is 0 Å². The van der Waals surface area contributed by atoms with Gasteiger partial charge in [-0.25, -0.2) is 0 Å². The first-order valence-corrected chi connectivity index (χ1v) is 7.89. The van der Waals surface area contributed by atoms with Gasteiger partial charge in [0.2, 0.25) is 11.8 Å². The summed E-state index contributed by atoms with van der Waals surface area (Å²) in [7, 11) is 3.35. The molecule has 0 fully saturated rings. The summed E-state index contributed by atoms with van der Waals surface area (Å²) >= 11 is 0. The quantitative estimate of drug-likeness (QED) is 0.899. The van der Waals surface area contributed by atoms with Gasteiger partial charge in [0.05, 0.1) is 24.5 Å². The van der Waals surface area contributed by atoms with Crippen molar-refractivity contribution in [2.75, 3.05) is 37.4 Å². The molecule has 25 heavy (non-hydrogen) atoms. The van der Waals surface area contributed by atoms with E-state index in [0.29, 0.717) is 17.3 Å². The van der Waals surface area contributed by atoms with E-state index in [-0.39, 0.29) is 24.9 Å². The number of ether oxygens (including phenoxy) is 1. The van der Waals surface area contributed by atoms with Crippen molar-refractivity contribution in [1.82, 2.24) is 10.1 Å². The lowest BCUT2D eigenvalue weighted by Gasteiger charge is -2.35. The van der Waals surface area contributed by atoms with Gasteiger partial charge in [-0.1, -0.05) is 17.3 Å². The molecule has 2 amide bonds. The van der Waals surface area contributed by atoms with Crippen LogP contribution in [0.4, 0.5) is 11.6 Å². The van der Waals surface area contributed by atoms with Crippen LogP contribution in [0.3, 0.4) is 0 Å². The zero-order valence-electron chi connectivity index (χ0n) is 14.4. The highest BCUT2D eigenvalue weighted by Gasteiger charge is 2.32. The lowest BCUT2D eigenvalue weighted by atomic mass is 10.1. The average Bonchev–Trinajstić information content (AvgIpc) is 2.98. The molecule has 1 atom stereocenters. The van der Waals surface area contributed by atoms with Gasteiger partial charge in [0.15, 0.2) is 6.10 Å². The largest absolute Gasteiger partial charge is 0.477 e. The summed E-state index contributed by atoms with van der Waals surface area (Å²) in [6, 6.07) is 8.98. The van der Waals surface area contributed by atoms with Gasteiger partial charge in [-0.2, -0.15) is 0 Å². The minimum absolute atomic E-state index is 0.0668. The van der Waals surface area contributed by atoms with Crippen LogP contribution in [-0.2, 0) is 9.59 Å². The van der Waals surface area contributed by atoms with E-state index in [0.717, 1.165) is 5.69 Å². The summed E-state index contributed by atoms with van der Waals surface area (Å²) in [5.74, 6) is 0.469. The van der Waals surface area contributed by atoms with E-state index in [1.165, 1.54) is 4.90 Å².